The number of hydrogen-bond acceptors (Lipinski definition) is 4. The van der Waals surface area contributed by atoms with Crippen LogP contribution < -0.4 is 0 Å². The molecule has 5 heteroatoms. The van der Waals surface area contributed by atoms with Crippen LogP contribution in [0.15, 0.2) is 6.33 Å². The number of aromatic nitrogens is 3. The van der Waals surface area contributed by atoms with Crippen LogP contribution in [-0.4, -0.2) is 32.8 Å². The average Bonchev–Trinajstić information content (AvgIpc) is 2.64. The van der Waals surface area contributed by atoms with Crippen molar-refractivity contribution in [3.05, 3.63) is 12.2 Å². The van der Waals surface area contributed by atoms with Crippen LogP contribution >= 0.6 is 0 Å². The molecule has 1 unspecified atom stereocenters. The Morgan fingerprint density at radius 1 is 1.56 bits per heavy atom. The highest BCUT2D eigenvalue weighted by molar-refractivity contribution is 5.88. The first kappa shape index (κ1) is 12.8. The van der Waals surface area contributed by atoms with Crippen molar-refractivity contribution >= 4 is 5.78 Å². The molecule has 1 rings (SSSR count). The zero-order valence-corrected chi connectivity index (χ0v) is 10.4. The number of hydrogen-bond donors (Lipinski definition) is 0. The molecule has 0 fully saturated rings. The summed E-state index contributed by atoms with van der Waals surface area (Å²) in [6.45, 7) is 6.21. The fourth-order valence-electron chi connectivity index (χ4n) is 1.51. The first-order valence-electron chi connectivity index (χ1n) is 5.53. The Labute approximate surface area is 95.8 Å². The van der Waals surface area contributed by atoms with Gasteiger partial charge in [-0.1, -0.05) is 6.92 Å². The van der Waals surface area contributed by atoms with Gasteiger partial charge in [0.25, 0.3) is 0 Å². The van der Waals surface area contributed by atoms with E-state index >= 15 is 0 Å². The molecule has 1 aromatic heterocycles. The van der Waals surface area contributed by atoms with Gasteiger partial charge >= 0.3 is 0 Å². The molecule has 0 aliphatic rings. The zero-order valence-electron chi connectivity index (χ0n) is 10.4. The lowest BCUT2D eigenvalue weighted by Crippen LogP contribution is -2.39. The zero-order chi connectivity index (χ0) is 12.2. The summed E-state index contributed by atoms with van der Waals surface area (Å²) in [6, 6.07) is 0. The number of rotatable bonds is 6. The van der Waals surface area contributed by atoms with Crippen molar-refractivity contribution in [2.24, 2.45) is 7.05 Å². The molecule has 5 nitrogen and oxygen atoms in total. The Morgan fingerprint density at radius 2 is 2.25 bits per heavy atom. The number of ether oxygens (including phenoxy) is 1. The summed E-state index contributed by atoms with van der Waals surface area (Å²) in [5.74, 6) is 0.720. The van der Waals surface area contributed by atoms with E-state index in [-0.39, 0.29) is 12.2 Å². The minimum atomic E-state index is -0.708. The maximum atomic E-state index is 12.1. The minimum Gasteiger partial charge on any atom is -0.368 e. The smallest absolute Gasteiger partial charge is 0.171 e. The standard InChI is InChI=1S/C11H19N3O2/c1-5-11(3,16-6-2)9(15)7-10-12-8-13-14(10)4/h8H,5-7H2,1-4H3. The van der Waals surface area contributed by atoms with Crippen molar-refractivity contribution in [2.45, 2.75) is 39.2 Å². The molecule has 0 aromatic carbocycles. The van der Waals surface area contributed by atoms with Gasteiger partial charge in [-0.25, -0.2) is 4.98 Å². The van der Waals surface area contributed by atoms with E-state index in [0.29, 0.717) is 18.9 Å². The number of nitrogens with zero attached hydrogens (tertiary/aromatic N) is 3. The molecule has 1 aromatic rings. The van der Waals surface area contributed by atoms with Gasteiger partial charge in [0.15, 0.2) is 5.78 Å². The van der Waals surface area contributed by atoms with Gasteiger partial charge in [-0.2, -0.15) is 5.10 Å². The first-order valence-corrected chi connectivity index (χ1v) is 5.53. The molecule has 0 aliphatic heterocycles. The van der Waals surface area contributed by atoms with E-state index in [0.717, 1.165) is 0 Å². The van der Waals surface area contributed by atoms with E-state index < -0.39 is 5.60 Å². The maximum Gasteiger partial charge on any atom is 0.171 e. The Morgan fingerprint density at radius 3 is 2.69 bits per heavy atom. The van der Waals surface area contributed by atoms with Gasteiger partial charge in [0.1, 0.15) is 17.8 Å². The highest BCUT2D eigenvalue weighted by Crippen LogP contribution is 2.18. The van der Waals surface area contributed by atoms with Crippen molar-refractivity contribution in [1.82, 2.24) is 14.8 Å². The number of carbonyl (C=O) groups is 1. The summed E-state index contributed by atoms with van der Waals surface area (Å²) in [4.78, 5) is 16.1. The number of carbonyl (C=O) groups excluding carboxylic acids is 1. The molecule has 0 saturated heterocycles. The Bertz CT molecular complexity index is 362. The Hall–Kier alpha value is -1.23. The molecule has 1 heterocycles. The third kappa shape index (κ3) is 2.66. The fourth-order valence-corrected chi connectivity index (χ4v) is 1.51. The molecule has 16 heavy (non-hydrogen) atoms. The molecular weight excluding hydrogens is 206 g/mol. The second-order valence-corrected chi connectivity index (χ2v) is 3.92. The van der Waals surface area contributed by atoms with Crippen LogP contribution in [0.25, 0.3) is 0 Å². The molecule has 0 bridgehead atoms. The molecule has 0 spiro atoms. The minimum absolute atomic E-state index is 0.0490. The molecule has 1 atom stereocenters. The molecule has 0 aliphatic carbocycles. The van der Waals surface area contributed by atoms with E-state index in [4.69, 9.17) is 4.74 Å². The third-order valence-electron chi connectivity index (χ3n) is 2.85. The molecule has 90 valence electrons. The second-order valence-electron chi connectivity index (χ2n) is 3.92. The first-order chi connectivity index (χ1) is 7.53. The average molecular weight is 225 g/mol. The topological polar surface area (TPSA) is 57.0 Å². The van der Waals surface area contributed by atoms with E-state index in [1.165, 1.54) is 6.33 Å². The summed E-state index contributed by atoms with van der Waals surface area (Å²) in [6.07, 6.45) is 2.38. The summed E-state index contributed by atoms with van der Waals surface area (Å²) < 4.78 is 7.13. The fraction of sp³-hybridized carbons (Fsp3) is 0.727. The van der Waals surface area contributed by atoms with E-state index in [2.05, 4.69) is 10.1 Å². The maximum absolute atomic E-state index is 12.1. The normalized spacial score (nSPS) is 14.8. The molecule has 0 N–H and O–H groups in total. The lowest BCUT2D eigenvalue weighted by atomic mass is 9.95. The SMILES string of the molecule is CCOC(C)(CC)C(=O)Cc1ncnn1C. The second kappa shape index (κ2) is 5.21. The van der Waals surface area contributed by atoms with Crippen molar-refractivity contribution in [1.29, 1.82) is 0 Å². The third-order valence-corrected chi connectivity index (χ3v) is 2.85. The van der Waals surface area contributed by atoms with Gasteiger partial charge in [0.2, 0.25) is 0 Å². The van der Waals surface area contributed by atoms with E-state index in [1.807, 2.05) is 20.8 Å². The van der Waals surface area contributed by atoms with Gasteiger partial charge in [0, 0.05) is 13.7 Å². The lowest BCUT2D eigenvalue weighted by molar-refractivity contribution is -0.141. The van der Waals surface area contributed by atoms with Crippen LogP contribution in [0.3, 0.4) is 0 Å². The predicted molar refractivity (Wildman–Crippen MR) is 60.0 cm³/mol. The molecule has 0 radical (unpaired) electrons. The van der Waals surface area contributed by atoms with Crippen molar-refractivity contribution in [3.8, 4) is 0 Å². The van der Waals surface area contributed by atoms with Crippen LogP contribution in [0.1, 0.15) is 33.0 Å². The quantitative estimate of drug-likeness (QED) is 0.728. The van der Waals surface area contributed by atoms with Gasteiger partial charge < -0.3 is 4.74 Å². The van der Waals surface area contributed by atoms with Crippen LogP contribution in [0.5, 0.6) is 0 Å². The van der Waals surface area contributed by atoms with Gasteiger partial charge in [-0.15, -0.1) is 0 Å². The van der Waals surface area contributed by atoms with Crippen LogP contribution in [0.2, 0.25) is 0 Å². The predicted octanol–water partition coefficient (Wildman–Crippen LogP) is 1.13. The van der Waals surface area contributed by atoms with Crippen LogP contribution in [0.4, 0.5) is 0 Å². The summed E-state index contributed by atoms with van der Waals surface area (Å²) in [7, 11) is 1.78. The molecular formula is C11H19N3O2. The number of aryl methyl sites for hydroxylation is 1. The van der Waals surface area contributed by atoms with Crippen molar-refractivity contribution in [2.75, 3.05) is 6.61 Å². The molecule has 0 saturated carbocycles. The summed E-state index contributed by atoms with van der Waals surface area (Å²) in [5.41, 5.74) is -0.708. The number of Topliss-reactive ketones (excluding diaryl/α,β-unsaturated/α-hetero) is 1. The van der Waals surface area contributed by atoms with E-state index in [9.17, 15) is 4.79 Å². The summed E-state index contributed by atoms with van der Waals surface area (Å²) in [5, 5.41) is 3.94. The monoisotopic (exact) mass is 225 g/mol. The highest BCUT2D eigenvalue weighted by Gasteiger charge is 2.32. The van der Waals surface area contributed by atoms with E-state index in [1.54, 1.807) is 11.7 Å². The lowest BCUT2D eigenvalue weighted by Gasteiger charge is -2.26. The van der Waals surface area contributed by atoms with Crippen LogP contribution in [-0.2, 0) is 23.0 Å². The Balaban J connectivity index is 2.74. The number of ketones is 1. The largest absolute Gasteiger partial charge is 0.368 e. The Kier molecular flexibility index (Phi) is 4.18. The van der Waals surface area contributed by atoms with Crippen molar-refractivity contribution < 1.29 is 9.53 Å². The highest BCUT2D eigenvalue weighted by atomic mass is 16.5. The van der Waals surface area contributed by atoms with Crippen LogP contribution in [0, 0.1) is 0 Å². The van der Waals surface area contributed by atoms with Gasteiger partial charge in [-0.05, 0) is 20.3 Å². The van der Waals surface area contributed by atoms with Gasteiger partial charge in [-0.3, -0.25) is 9.48 Å². The molecule has 0 amide bonds. The van der Waals surface area contributed by atoms with Crippen molar-refractivity contribution in [3.63, 3.8) is 0 Å². The summed E-state index contributed by atoms with van der Waals surface area (Å²) >= 11 is 0. The van der Waals surface area contributed by atoms with Gasteiger partial charge in [0.05, 0.1) is 6.42 Å².